The number of benzene rings is 2. The summed E-state index contributed by atoms with van der Waals surface area (Å²) in [5.74, 6) is -0.160. The predicted octanol–water partition coefficient (Wildman–Crippen LogP) is 2.77. The molecule has 134 valence electrons. The van der Waals surface area contributed by atoms with Gasteiger partial charge in [0.2, 0.25) is 0 Å². The Kier molecular flexibility index (Phi) is 4.34. The summed E-state index contributed by atoms with van der Waals surface area (Å²) < 4.78 is 0. The Bertz CT molecular complexity index is 857. The molecule has 0 saturated carbocycles. The standard InChI is InChI=1S/C20H22N4O2/c1-2-23-9-11-24(12-10-23)20(26)14-7-8-17-18(13-14)22-19(25)15-5-3-4-6-16(15)21-17/h3-8,13,21H,2,9-12H2,1H3,(H,22,25). The van der Waals surface area contributed by atoms with Crippen LogP contribution in [-0.4, -0.2) is 54.3 Å². The van der Waals surface area contributed by atoms with Gasteiger partial charge in [0, 0.05) is 31.7 Å². The maximum Gasteiger partial charge on any atom is 0.257 e. The molecule has 2 aromatic carbocycles. The van der Waals surface area contributed by atoms with Crippen molar-refractivity contribution in [1.29, 1.82) is 0 Å². The number of piperazine rings is 1. The lowest BCUT2D eigenvalue weighted by Gasteiger charge is -2.34. The third kappa shape index (κ3) is 3.04. The number of anilines is 3. The number of nitrogens with zero attached hydrogens (tertiary/aromatic N) is 2. The molecule has 0 radical (unpaired) electrons. The first kappa shape index (κ1) is 16.6. The summed E-state index contributed by atoms with van der Waals surface area (Å²) in [6, 6.07) is 12.8. The Hall–Kier alpha value is -2.86. The van der Waals surface area contributed by atoms with Crippen LogP contribution in [0.1, 0.15) is 27.6 Å². The zero-order valence-electron chi connectivity index (χ0n) is 14.8. The molecule has 0 aliphatic carbocycles. The zero-order chi connectivity index (χ0) is 18.1. The van der Waals surface area contributed by atoms with Gasteiger partial charge in [-0.15, -0.1) is 0 Å². The maximum absolute atomic E-state index is 12.8. The lowest BCUT2D eigenvalue weighted by molar-refractivity contribution is 0.0643. The molecule has 0 spiro atoms. The number of amides is 2. The van der Waals surface area contributed by atoms with Crippen molar-refractivity contribution in [2.75, 3.05) is 43.4 Å². The molecule has 1 fully saturated rings. The Labute approximate surface area is 152 Å². The molecule has 2 aliphatic heterocycles. The van der Waals surface area contributed by atoms with Crippen molar-refractivity contribution in [1.82, 2.24) is 9.80 Å². The van der Waals surface area contributed by atoms with Gasteiger partial charge < -0.3 is 20.4 Å². The fourth-order valence-corrected chi connectivity index (χ4v) is 3.46. The van der Waals surface area contributed by atoms with Crippen LogP contribution in [0.5, 0.6) is 0 Å². The number of carbonyl (C=O) groups excluding carboxylic acids is 2. The minimum Gasteiger partial charge on any atom is -0.353 e. The van der Waals surface area contributed by atoms with Crippen molar-refractivity contribution < 1.29 is 9.59 Å². The number of fused-ring (bicyclic) bond motifs is 2. The summed E-state index contributed by atoms with van der Waals surface area (Å²) in [5.41, 5.74) is 3.37. The van der Waals surface area contributed by atoms with Crippen molar-refractivity contribution in [2.24, 2.45) is 0 Å². The van der Waals surface area contributed by atoms with E-state index in [1.54, 1.807) is 12.1 Å². The highest BCUT2D eigenvalue weighted by molar-refractivity contribution is 6.12. The molecule has 0 aromatic heterocycles. The quantitative estimate of drug-likeness (QED) is 0.874. The van der Waals surface area contributed by atoms with Crippen LogP contribution in [0, 0.1) is 0 Å². The predicted molar refractivity (Wildman–Crippen MR) is 102 cm³/mol. The molecule has 0 unspecified atom stereocenters. The highest BCUT2D eigenvalue weighted by Crippen LogP contribution is 2.32. The van der Waals surface area contributed by atoms with Crippen molar-refractivity contribution in [2.45, 2.75) is 6.92 Å². The monoisotopic (exact) mass is 350 g/mol. The molecule has 2 N–H and O–H groups in total. The molecule has 6 heteroatoms. The van der Waals surface area contributed by atoms with Crippen LogP contribution in [0.3, 0.4) is 0 Å². The normalized spacial score (nSPS) is 16.8. The summed E-state index contributed by atoms with van der Waals surface area (Å²) in [6.45, 7) is 6.43. The second-order valence-electron chi connectivity index (χ2n) is 6.61. The first-order valence-electron chi connectivity index (χ1n) is 8.99. The van der Waals surface area contributed by atoms with Crippen molar-refractivity contribution >= 4 is 28.9 Å². The average molecular weight is 350 g/mol. The number of rotatable bonds is 2. The van der Waals surface area contributed by atoms with Crippen LogP contribution in [-0.2, 0) is 0 Å². The molecule has 2 amide bonds. The molecular weight excluding hydrogens is 328 g/mol. The van der Waals surface area contributed by atoms with E-state index in [1.165, 1.54) is 0 Å². The largest absolute Gasteiger partial charge is 0.353 e. The van der Waals surface area contributed by atoms with Gasteiger partial charge in [-0.1, -0.05) is 19.1 Å². The van der Waals surface area contributed by atoms with E-state index in [-0.39, 0.29) is 11.8 Å². The number of para-hydroxylation sites is 1. The topological polar surface area (TPSA) is 64.7 Å². The first-order chi connectivity index (χ1) is 12.7. The van der Waals surface area contributed by atoms with E-state index in [1.807, 2.05) is 35.2 Å². The van der Waals surface area contributed by atoms with E-state index >= 15 is 0 Å². The van der Waals surface area contributed by atoms with Gasteiger partial charge in [-0.25, -0.2) is 0 Å². The van der Waals surface area contributed by atoms with E-state index in [2.05, 4.69) is 22.5 Å². The second kappa shape index (κ2) is 6.80. The van der Waals surface area contributed by atoms with Gasteiger partial charge in [0.05, 0.1) is 22.6 Å². The van der Waals surface area contributed by atoms with E-state index in [4.69, 9.17) is 0 Å². The molecule has 6 nitrogen and oxygen atoms in total. The van der Waals surface area contributed by atoms with Crippen molar-refractivity contribution in [3.8, 4) is 0 Å². The molecule has 2 aliphatic rings. The molecule has 4 rings (SSSR count). The molecule has 0 atom stereocenters. The van der Waals surface area contributed by atoms with Gasteiger partial charge in [-0.2, -0.15) is 0 Å². The molecule has 1 saturated heterocycles. The smallest absolute Gasteiger partial charge is 0.257 e. The van der Waals surface area contributed by atoms with Crippen molar-refractivity contribution in [3.63, 3.8) is 0 Å². The number of hydrogen-bond acceptors (Lipinski definition) is 4. The number of nitrogens with one attached hydrogen (secondary N) is 2. The number of hydrogen-bond donors (Lipinski definition) is 2. The Balaban J connectivity index is 1.57. The van der Waals surface area contributed by atoms with Crippen LogP contribution >= 0.6 is 0 Å². The van der Waals surface area contributed by atoms with E-state index in [9.17, 15) is 9.59 Å². The van der Waals surface area contributed by atoms with Crippen LogP contribution < -0.4 is 10.6 Å². The SMILES string of the molecule is CCN1CCN(C(=O)c2ccc3c(c2)NC(=O)c2ccccc2N3)CC1. The zero-order valence-corrected chi connectivity index (χ0v) is 14.8. The van der Waals surface area contributed by atoms with Crippen molar-refractivity contribution in [3.05, 3.63) is 53.6 Å². The molecule has 2 heterocycles. The highest BCUT2D eigenvalue weighted by atomic mass is 16.2. The highest BCUT2D eigenvalue weighted by Gasteiger charge is 2.24. The van der Waals surface area contributed by atoms with Gasteiger partial charge in [0.25, 0.3) is 11.8 Å². The maximum atomic E-state index is 12.8. The van der Waals surface area contributed by atoms with Gasteiger partial charge >= 0.3 is 0 Å². The fraction of sp³-hybridized carbons (Fsp3) is 0.300. The van der Waals surface area contributed by atoms with Gasteiger partial charge in [-0.05, 0) is 36.9 Å². The minimum atomic E-state index is -0.173. The van der Waals surface area contributed by atoms with Crippen LogP contribution in [0.25, 0.3) is 0 Å². The van der Waals surface area contributed by atoms with E-state index < -0.39 is 0 Å². The van der Waals surface area contributed by atoms with Crippen LogP contribution in [0.15, 0.2) is 42.5 Å². The second-order valence-corrected chi connectivity index (χ2v) is 6.61. The molecule has 26 heavy (non-hydrogen) atoms. The minimum absolute atomic E-state index is 0.0135. The summed E-state index contributed by atoms with van der Waals surface area (Å²) >= 11 is 0. The Morgan fingerprint density at radius 2 is 1.73 bits per heavy atom. The lowest BCUT2D eigenvalue weighted by Crippen LogP contribution is -2.48. The van der Waals surface area contributed by atoms with Gasteiger partial charge in [0.15, 0.2) is 0 Å². The van der Waals surface area contributed by atoms with Gasteiger partial charge in [0.1, 0.15) is 0 Å². The fourth-order valence-electron chi connectivity index (χ4n) is 3.46. The van der Waals surface area contributed by atoms with Gasteiger partial charge in [-0.3, -0.25) is 9.59 Å². The Morgan fingerprint density at radius 3 is 2.50 bits per heavy atom. The molecule has 2 aromatic rings. The average Bonchev–Trinajstić information content (AvgIpc) is 2.83. The van der Waals surface area contributed by atoms with Crippen LogP contribution in [0.4, 0.5) is 17.1 Å². The number of carbonyl (C=O) groups is 2. The third-order valence-corrected chi connectivity index (χ3v) is 5.06. The molecule has 0 bridgehead atoms. The summed E-state index contributed by atoms with van der Waals surface area (Å²) in [6.07, 6.45) is 0. The Morgan fingerprint density at radius 1 is 0.962 bits per heavy atom. The summed E-state index contributed by atoms with van der Waals surface area (Å²) in [5, 5.41) is 6.19. The molecular formula is C20H22N4O2. The lowest BCUT2D eigenvalue weighted by atomic mass is 10.1. The van der Waals surface area contributed by atoms with E-state index in [0.29, 0.717) is 16.8 Å². The third-order valence-electron chi connectivity index (χ3n) is 5.06. The first-order valence-corrected chi connectivity index (χ1v) is 8.99. The summed E-state index contributed by atoms with van der Waals surface area (Å²) in [7, 11) is 0. The van der Waals surface area contributed by atoms with E-state index in [0.717, 1.165) is 44.1 Å². The van der Waals surface area contributed by atoms with Crippen LogP contribution in [0.2, 0.25) is 0 Å². The number of likely N-dealkylation sites (N-methyl/N-ethyl adjacent to an activating group) is 1. The summed E-state index contributed by atoms with van der Waals surface area (Å²) in [4.78, 5) is 29.5.